The monoisotopic (exact) mass is 406 g/mol. The van der Waals surface area contributed by atoms with E-state index in [-0.39, 0.29) is 24.3 Å². The summed E-state index contributed by atoms with van der Waals surface area (Å²) in [6, 6.07) is 13.8. The van der Waals surface area contributed by atoms with Gasteiger partial charge in [0, 0.05) is 22.6 Å². The van der Waals surface area contributed by atoms with E-state index in [1.165, 1.54) is 0 Å². The van der Waals surface area contributed by atoms with Gasteiger partial charge in [-0.3, -0.25) is 9.59 Å². The first kappa shape index (κ1) is 21.3. The van der Waals surface area contributed by atoms with Gasteiger partial charge < -0.3 is 10.2 Å². The fourth-order valence-corrected chi connectivity index (χ4v) is 2.90. The van der Waals surface area contributed by atoms with Crippen LogP contribution in [0, 0.1) is 0 Å². The van der Waals surface area contributed by atoms with Crippen LogP contribution in [0.3, 0.4) is 0 Å². The van der Waals surface area contributed by atoms with E-state index in [0.717, 1.165) is 11.1 Å². The average Bonchev–Trinajstić information content (AvgIpc) is 2.62. The van der Waals surface area contributed by atoms with Crippen molar-refractivity contribution in [1.82, 2.24) is 10.2 Å². The summed E-state index contributed by atoms with van der Waals surface area (Å²) in [6.07, 6.45) is 0.198. The van der Waals surface area contributed by atoms with Crippen molar-refractivity contribution in [3.05, 3.63) is 69.7 Å². The number of nitrogens with one attached hydrogen (secondary N) is 1. The Balaban J connectivity index is 2.21. The zero-order valence-corrected chi connectivity index (χ0v) is 17.2. The lowest BCUT2D eigenvalue weighted by atomic mass is 10.1. The minimum atomic E-state index is -0.595. The Morgan fingerprint density at radius 2 is 1.37 bits per heavy atom. The predicted molar refractivity (Wildman–Crippen MR) is 110 cm³/mol. The van der Waals surface area contributed by atoms with Gasteiger partial charge in [-0.2, -0.15) is 0 Å². The normalized spacial score (nSPS) is 11.9. The zero-order valence-electron chi connectivity index (χ0n) is 15.7. The molecule has 0 heterocycles. The Kier molecular flexibility index (Phi) is 7.69. The van der Waals surface area contributed by atoms with Gasteiger partial charge in [0.25, 0.3) is 0 Å². The molecule has 1 unspecified atom stereocenters. The van der Waals surface area contributed by atoms with E-state index < -0.39 is 6.04 Å². The maximum Gasteiger partial charge on any atom is 0.242 e. The summed E-state index contributed by atoms with van der Waals surface area (Å²) in [5.41, 5.74) is 1.76. The lowest BCUT2D eigenvalue weighted by Crippen LogP contribution is -2.49. The number of rotatable bonds is 7. The summed E-state index contributed by atoms with van der Waals surface area (Å²) < 4.78 is 0. The van der Waals surface area contributed by atoms with Crippen molar-refractivity contribution in [3.63, 3.8) is 0 Å². The van der Waals surface area contributed by atoms with E-state index >= 15 is 0 Å². The molecule has 6 heteroatoms. The minimum Gasteiger partial charge on any atom is -0.352 e. The molecule has 0 bridgehead atoms. The van der Waals surface area contributed by atoms with Crippen LogP contribution in [-0.4, -0.2) is 28.8 Å². The Bertz CT molecular complexity index is 774. The van der Waals surface area contributed by atoms with Crippen molar-refractivity contribution >= 4 is 35.0 Å². The first-order valence-electron chi connectivity index (χ1n) is 8.85. The second-order valence-electron chi connectivity index (χ2n) is 6.79. The Morgan fingerprint density at radius 3 is 1.85 bits per heavy atom. The number of carbonyl (C=O) groups excluding carboxylic acids is 2. The number of benzene rings is 2. The molecule has 0 radical (unpaired) electrons. The van der Waals surface area contributed by atoms with Crippen molar-refractivity contribution in [3.8, 4) is 0 Å². The summed E-state index contributed by atoms with van der Waals surface area (Å²) in [6.45, 7) is 5.86. The molecule has 0 aliphatic rings. The summed E-state index contributed by atoms with van der Waals surface area (Å²) in [7, 11) is 0. The highest BCUT2D eigenvalue weighted by Crippen LogP contribution is 2.16. The number of halogens is 2. The van der Waals surface area contributed by atoms with Crippen LogP contribution < -0.4 is 5.32 Å². The van der Waals surface area contributed by atoms with Gasteiger partial charge >= 0.3 is 0 Å². The maximum absolute atomic E-state index is 13.0. The molecule has 2 amide bonds. The largest absolute Gasteiger partial charge is 0.352 e. The second-order valence-corrected chi connectivity index (χ2v) is 7.66. The molecule has 0 spiro atoms. The van der Waals surface area contributed by atoms with E-state index in [0.29, 0.717) is 16.6 Å². The van der Waals surface area contributed by atoms with Crippen molar-refractivity contribution in [1.29, 1.82) is 0 Å². The van der Waals surface area contributed by atoms with Crippen molar-refractivity contribution < 1.29 is 9.59 Å². The van der Waals surface area contributed by atoms with Gasteiger partial charge in [-0.25, -0.2) is 0 Å². The van der Waals surface area contributed by atoms with Crippen LogP contribution in [0.5, 0.6) is 0 Å². The predicted octanol–water partition coefficient (Wildman–Crippen LogP) is 4.48. The fraction of sp³-hybridized carbons (Fsp3) is 0.333. The van der Waals surface area contributed by atoms with Crippen LogP contribution in [0.25, 0.3) is 0 Å². The molecule has 0 fully saturated rings. The smallest absolute Gasteiger partial charge is 0.242 e. The first-order chi connectivity index (χ1) is 12.8. The van der Waals surface area contributed by atoms with E-state index in [9.17, 15) is 9.59 Å². The Morgan fingerprint density at radius 1 is 0.889 bits per heavy atom. The molecule has 2 aromatic carbocycles. The summed E-state index contributed by atoms with van der Waals surface area (Å²) in [5, 5.41) is 4.12. The van der Waals surface area contributed by atoms with Crippen LogP contribution >= 0.6 is 23.2 Å². The molecular formula is C21H24Cl2N2O2. The third kappa shape index (κ3) is 6.56. The summed E-state index contributed by atoms with van der Waals surface area (Å²) in [4.78, 5) is 27.1. The molecular weight excluding hydrogens is 383 g/mol. The van der Waals surface area contributed by atoms with Gasteiger partial charge in [0.1, 0.15) is 6.04 Å². The second kappa shape index (κ2) is 9.77. The number of amides is 2. The molecule has 1 N–H and O–H groups in total. The minimum absolute atomic E-state index is 0.00343. The van der Waals surface area contributed by atoms with Crippen LogP contribution in [0.2, 0.25) is 10.0 Å². The highest BCUT2D eigenvalue weighted by atomic mass is 35.5. The molecule has 0 saturated heterocycles. The molecule has 0 aliphatic heterocycles. The lowest BCUT2D eigenvalue weighted by molar-refractivity contribution is -0.140. The topological polar surface area (TPSA) is 49.4 Å². The molecule has 27 heavy (non-hydrogen) atoms. The Labute approximate surface area is 170 Å². The zero-order chi connectivity index (χ0) is 20.0. The van der Waals surface area contributed by atoms with E-state index in [2.05, 4.69) is 5.32 Å². The Hall–Kier alpha value is -2.04. The lowest BCUT2D eigenvalue weighted by Gasteiger charge is -2.29. The fourth-order valence-electron chi connectivity index (χ4n) is 2.65. The van der Waals surface area contributed by atoms with Gasteiger partial charge in [-0.15, -0.1) is 0 Å². The van der Waals surface area contributed by atoms with Crippen molar-refractivity contribution in [2.75, 3.05) is 0 Å². The average molecular weight is 407 g/mol. The van der Waals surface area contributed by atoms with Crippen LogP contribution in [0.4, 0.5) is 0 Å². The molecule has 2 aromatic rings. The highest BCUT2D eigenvalue weighted by molar-refractivity contribution is 6.30. The summed E-state index contributed by atoms with van der Waals surface area (Å²) in [5.74, 6) is -0.304. The van der Waals surface area contributed by atoms with E-state index in [1.54, 1.807) is 36.1 Å². The number of nitrogens with zero attached hydrogens (tertiary/aromatic N) is 1. The van der Waals surface area contributed by atoms with Crippen molar-refractivity contribution in [2.45, 2.75) is 45.8 Å². The van der Waals surface area contributed by atoms with Gasteiger partial charge in [-0.1, -0.05) is 47.5 Å². The van der Waals surface area contributed by atoms with Gasteiger partial charge in [-0.05, 0) is 56.2 Å². The van der Waals surface area contributed by atoms with Gasteiger partial charge in [0.15, 0.2) is 0 Å². The van der Waals surface area contributed by atoms with Gasteiger partial charge in [0.05, 0.1) is 6.42 Å². The summed E-state index contributed by atoms with van der Waals surface area (Å²) >= 11 is 11.9. The van der Waals surface area contributed by atoms with Crippen LogP contribution in [0.15, 0.2) is 48.5 Å². The van der Waals surface area contributed by atoms with Crippen LogP contribution in [0.1, 0.15) is 31.9 Å². The third-order valence-corrected chi connectivity index (χ3v) is 4.64. The molecule has 2 rings (SSSR count). The van der Waals surface area contributed by atoms with Crippen LogP contribution in [-0.2, 0) is 22.6 Å². The van der Waals surface area contributed by atoms with Crippen molar-refractivity contribution in [2.24, 2.45) is 0 Å². The standard InChI is InChI=1S/C21H24Cl2N2O2/c1-14(2)24-21(27)15(3)25(13-17-6-10-19(23)11-7-17)20(26)12-16-4-8-18(22)9-5-16/h4-11,14-15H,12-13H2,1-3H3,(H,24,27). The van der Waals surface area contributed by atoms with Gasteiger partial charge in [0.2, 0.25) is 11.8 Å². The third-order valence-electron chi connectivity index (χ3n) is 4.13. The number of hydrogen-bond acceptors (Lipinski definition) is 2. The molecule has 144 valence electrons. The van der Waals surface area contributed by atoms with E-state index in [1.807, 2.05) is 38.1 Å². The highest BCUT2D eigenvalue weighted by Gasteiger charge is 2.26. The molecule has 0 saturated carbocycles. The molecule has 1 atom stereocenters. The molecule has 0 aromatic heterocycles. The number of carbonyl (C=O) groups is 2. The maximum atomic E-state index is 13.0. The number of hydrogen-bond donors (Lipinski definition) is 1. The van der Waals surface area contributed by atoms with E-state index in [4.69, 9.17) is 23.2 Å². The molecule has 0 aliphatic carbocycles. The SMILES string of the molecule is CC(C)NC(=O)C(C)N(Cc1ccc(Cl)cc1)C(=O)Cc1ccc(Cl)cc1. The quantitative estimate of drug-likeness (QED) is 0.736. The molecule has 4 nitrogen and oxygen atoms in total. The first-order valence-corrected chi connectivity index (χ1v) is 9.60.